The van der Waals surface area contributed by atoms with E-state index in [4.69, 9.17) is 5.10 Å². The van der Waals surface area contributed by atoms with Crippen molar-refractivity contribution in [1.82, 2.24) is 29.8 Å². The van der Waals surface area contributed by atoms with Crippen molar-refractivity contribution in [3.8, 4) is 5.82 Å². The first-order valence-corrected chi connectivity index (χ1v) is 10.2. The Balaban J connectivity index is 0.00000218. The molecule has 0 bridgehead atoms. The predicted octanol–water partition coefficient (Wildman–Crippen LogP) is 3.66. The van der Waals surface area contributed by atoms with Crippen molar-refractivity contribution in [2.75, 3.05) is 0 Å². The van der Waals surface area contributed by atoms with E-state index in [1.54, 1.807) is 15.6 Å². The fourth-order valence-corrected chi connectivity index (χ4v) is 4.35. The zero-order valence-electron chi connectivity index (χ0n) is 16.2. The summed E-state index contributed by atoms with van der Waals surface area (Å²) in [5, 5.41) is 12.7. The van der Waals surface area contributed by atoms with Crippen LogP contribution in [-0.2, 0) is 17.8 Å². The van der Waals surface area contributed by atoms with Gasteiger partial charge in [-0.2, -0.15) is 5.10 Å². The largest absolute Gasteiger partial charge is 0.286 e. The lowest BCUT2D eigenvalue weighted by Gasteiger charge is -2.11. The Labute approximate surface area is 183 Å². The van der Waals surface area contributed by atoms with Gasteiger partial charge in [-0.15, -0.1) is 17.5 Å². The molecule has 5 rings (SSSR count). The number of halogens is 1. The minimum atomic E-state index is 0. The second-order valence-corrected chi connectivity index (χ2v) is 8.15. The third-order valence-electron chi connectivity index (χ3n) is 5.06. The summed E-state index contributed by atoms with van der Waals surface area (Å²) in [6.07, 6.45) is 7.77. The van der Waals surface area contributed by atoms with E-state index >= 15 is 0 Å². The Morgan fingerprint density at radius 3 is 2.83 bits per heavy atom. The van der Waals surface area contributed by atoms with E-state index in [0.717, 1.165) is 33.1 Å². The topological polar surface area (TPSA) is 78.5 Å². The van der Waals surface area contributed by atoms with E-state index in [9.17, 15) is 4.79 Å². The molecule has 4 heterocycles. The normalized spacial score (nSPS) is 13.7. The highest BCUT2D eigenvalue weighted by atomic mass is 35.5. The summed E-state index contributed by atoms with van der Waals surface area (Å²) in [5.41, 5.74) is 4.29. The van der Waals surface area contributed by atoms with E-state index < -0.39 is 0 Å². The second kappa shape index (κ2) is 8.41. The zero-order chi connectivity index (χ0) is 19.8. The van der Waals surface area contributed by atoms with Crippen LogP contribution in [-0.4, -0.2) is 34.9 Å². The Bertz CT molecular complexity index is 1170. The minimum absolute atomic E-state index is 0. The molecule has 0 spiro atoms. The van der Waals surface area contributed by atoms with Crippen molar-refractivity contribution in [3.05, 3.63) is 83.6 Å². The van der Waals surface area contributed by atoms with Crippen LogP contribution in [0.15, 0.2) is 66.1 Å². The lowest BCUT2D eigenvalue weighted by Crippen LogP contribution is -2.04. The van der Waals surface area contributed by atoms with Crippen LogP contribution >= 0.6 is 24.2 Å². The molecule has 0 radical (unpaired) electrons. The summed E-state index contributed by atoms with van der Waals surface area (Å²) in [5.74, 6) is 0.894. The highest BCUT2D eigenvalue weighted by Crippen LogP contribution is 2.35. The first kappa shape index (κ1) is 20.3. The summed E-state index contributed by atoms with van der Waals surface area (Å²) in [6, 6.07) is 12.3. The molecular formula is C21H19ClN6OS. The van der Waals surface area contributed by atoms with Crippen LogP contribution in [0.4, 0.5) is 0 Å². The maximum absolute atomic E-state index is 11.7. The van der Waals surface area contributed by atoms with Crippen LogP contribution in [0.3, 0.4) is 0 Å². The van der Waals surface area contributed by atoms with Crippen molar-refractivity contribution in [2.24, 2.45) is 0 Å². The molecule has 9 heteroatoms. The number of hydrogen-bond donors (Lipinski definition) is 0. The van der Waals surface area contributed by atoms with Gasteiger partial charge in [-0.25, -0.2) is 14.3 Å². The smallest absolute Gasteiger partial charge is 0.198 e. The van der Waals surface area contributed by atoms with E-state index in [1.165, 1.54) is 11.8 Å². The van der Waals surface area contributed by atoms with Crippen LogP contribution in [0.1, 0.15) is 35.2 Å². The molecule has 4 aromatic rings. The van der Waals surface area contributed by atoms with Gasteiger partial charge >= 0.3 is 0 Å². The molecule has 7 nitrogen and oxygen atoms in total. The van der Waals surface area contributed by atoms with Gasteiger partial charge in [0.05, 0.1) is 18.4 Å². The fraction of sp³-hybridized carbons (Fsp3) is 0.190. The van der Waals surface area contributed by atoms with Crippen molar-refractivity contribution >= 4 is 29.3 Å². The highest BCUT2D eigenvalue weighted by molar-refractivity contribution is 8.14. The van der Waals surface area contributed by atoms with Gasteiger partial charge in [-0.05, 0) is 34.9 Å². The molecular weight excluding hydrogens is 420 g/mol. The van der Waals surface area contributed by atoms with E-state index in [-0.39, 0.29) is 23.4 Å². The zero-order valence-corrected chi connectivity index (χ0v) is 17.8. The third kappa shape index (κ3) is 4.01. The summed E-state index contributed by atoms with van der Waals surface area (Å²) in [4.78, 5) is 17.3. The third-order valence-corrected chi connectivity index (χ3v) is 6.04. The van der Waals surface area contributed by atoms with Crippen LogP contribution < -0.4 is 0 Å². The molecule has 3 aromatic heterocycles. The first-order chi connectivity index (χ1) is 14.2. The number of benzene rings is 1. The summed E-state index contributed by atoms with van der Waals surface area (Å²) < 4.78 is 3.55. The van der Waals surface area contributed by atoms with Crippen LogP contribution in [0.25, 0.3) is 5.82 Å². The Morgan fingerprint density at radius 2 is 2.07 bits per heavy atom. The summed E-state index contributed by atoms with van der Waals surface area (Å²) in [7, 11) is 0. The standard InChI is InChI=1S/C21H18N6OS.ClH/c1-14(16-3-4-17-11-21(28)29-19(17)10-16)18-6-8-27(24-18)20-5-2-15(12-22-20)13-26-9-7-23-25-26;/h2-10,12,14H,11,13H2,1H3;1H. The number of hydrogen-bond acceptors (Lipinski definition) is 6. The lowest BCUT2D eigenvalue weighted by atomic mass is 9.96. The quantitative estimate of drug-likeness (QED) is 0.473. The van der Waals surface area contributed by atoms with Gasteiger partial charge in [0.15, 0.2) is 10.9 Å². The Kier molecular flexibility index (Phi) is 5.69. The maximum Gasteiger partial charge on any atom is 0.198 e. The van der Waals surface area contributed by atoms with Crippen LogP contribution in [0.5, 0.6) is 0 Å². The SMILES string of the molecule is CC(c1ccc2c(c1)SC(=O)C2)c1ccn(-c2ccc(Cn3ccnn3)cn2)n1.Cl. The van der Waals surface area contributed by atoms with E-state index in [1.807, 2.05) is 36.8 Å². The van der Waals surface area contributed by atoms with Gasteiger partial charge in [-0.3, -0.25) is 4.79 Å². The molecule has 1 atom stereocenters. The molecule has 0 saturated heterocycles. The number of rotatable bonds is 5. The Hall–Kier alpha value is -2.97. The molecule has 1 aliphatic rings. The van der Waals surface area contributed by atoms with Gasteiger partial charge in [0, 0.05) is 35.8 Å². The molecule has 1 unspecified atom stereocenters. The molecule has 0 amide bonds. The number of pyridine rings is 1. The fourth-order valence-electron chi connectivity index (χ4n) is 3.41. The number of aromatic nitrogens is 6. The maximum atomic E-state index is 11.7. The predicted molar refractivity (Wildman–Crippen MR) is 116 cm³/mol. The molecule has 0 N–H and O–H groups in total. The van der Waals surface area contributed by atoms with E-state index in [0.29, 0.717) is 13.0 Å². The minimum Gasteiger partial charge on any atom is -0.286 e. The Morgan fingerprint density at radius 1 is 1.17 bits per heavy atom. The molecule has 0 aliphatic carbocycles. The summed E-state index contributed by atoms with van der Waals surface area (Å²) in [6.45, 7) is 2.76. The average molecular weight is 439 g/mol. The molecule has 30 heavy (non-hydrogen) atoms. The molecule has 1 aromatic carbocycles. The molecule has 0 saturated carbocycles. The van der Waals surface area contributed by atoms with Gasteiger partial charge in [-0.1, -0.05) is 42.1 Å². The number of nitrogens with zero attached hydrogens (tertiary/aromatic N) is 6. The van der Waals surface area contributed by atoms with Crippen LogP contribution in [0, 0.1) is 0 Å². The lowest BCUT2D eigenvalue weighted by molar-refractivity contribution is -0.110. The number of carbonyl (C=O) groups is 1. The van der Waals surface area contributed by atoms with Crippen molar-refractivity contribution in [2.45, 2.75) is 30.7 Å². The van der Waals surface area contributed by atoms with Gasteiger partial charge in [0.1, 0.15) is 0 Å². The van der Waals surface area contributed by atoms with Crippen molar-refractivity contribution < 1.29 is 4.79 Å². The average Bonchev–Trinajstić information content (AvgIpc) is 3.47. The number of carbonyl (C=O) groups excluding carboxylic acids is 1. The highest BCUT2D eigenvalue weighted by Gasteiger charge is 2.21. The van der Waals surface area contributed by atoms with Gasteiger partial charge in [0.25, 0.3) is 0 Å². The number of fused-ring (bicyclic) bond motifs is 1. The van der Waals surface area contributed by atoms with Gasteiger partial charge in [0.2, 0.25) is 0 Å². The van der Waals surface area contributed by atoms with E-state index in [2.05, 4.69) is 40.4 Å². The summed E-state index contributed by atoms with van der Waals surface area (Å²) >= 11 is 1.34. The second-order valence-electron chi connectivity index (χ2n) is 7.05. The van der Waals surface area contributed by atoms with Gasteiger partial charge < -0.3 is 0 Å². The van der Waals surface area contributed by atoms with Crippen molar-refractivity contribution in [3.63, 3.8) is 0 Å². The molecule has 0 fully saturated rings. The number of thioether (sulfide) groups is 1. The molecule has 152 valence electrons. The van der Waals surface area contributed by atoms with Crippen LogP contribution in [0.2, 0.25) is 0 Å². The monoisotopic (exact) mass is 438 g/mol. The molecule has 1 aliphatic heterocycles. The van der Waals surface area contributed by atoms with Crippen molar-refractivity contribution in [1.29, 1.82) is 0 Å². The first-order valence-electron chi connectivity index (χ1n) is 9.34.